The molecule has 2 heteroatoms. The van der Waals surface area contributed by atoms with Crippen molar-refractivity contribution < 1.29 is 4.39 Å². The first-order chi connectivity index (χ1) is 9.83. The zero-order valence-corrected chi connectivity index (χ0v) is 11.9. The first kappa shape index (κ1) is 14.8. The van der Waals surface area contributed by atoms with Crippen LogP contribution in [0.5, 0.6) is 0 Å². The molecule has 20 heavy (non-hydrogen) atoms. The van der Waals surface area contributed by atoms with Crippen molar-refractivity contribution in [3.63, 3.8) is 0 Å². The van der Waals surface area contributed by atoms with E-state index in [1.807, 2.05) is 12.1 Å². The smallest absolute Gasteiger partial charge is 0.0991 e. The SMILES string of the molecule is N#Cc1ccc([C@H]2CC[C@H](C=CCCCF)CC2)cc1. The third-order valence-electron chi connectivity index (χ3n) is 4.20. The molecule has 1 aromatic carbocycles. The first-order valence-electron chi connectivity index (χ1n) is 7.56. The number of hydrogen-bond donors (Lipinski definition) is 0. The molecule has 0 amide bonds. The van der Waals surface area contributed by atoms with Crippen molar-refractivity contribution in [3.8, 4) is 6.07 Å². The molecule has 0 aliphatic heterocycles. The molecule has 0 atom stereocenters. The van der Waals surface area contributed by atoms with Gasteiger partial charge in [0.2, 0.25) is 0 Å². The summed E-state index contributed by atoms with van der Waals surface area (Å²) in [5, 5.41) is 8.81. The highest BCUT2D eigenvalue weighted by molar-refractivity contribution is 5.33. The number of allylic oxidation sites excluding steroid dienone is 2. The zero-order chi connectivity index (χ0) is 14.2. The van der Waals surface area contributed by atoms with E-state index >= 15 is 0 Å². The molecule has 1 saturated carbocycles. The number of benzene rings is 1. The predicted octanol–water partition coefficient (Wildman–Crippen LogP) is 5.14. The molecule has 0 radical (unpaired) electrons. The van der Waals surface area contributed by atoms with Gasteiger partial charge in [0.25, 0.3) is 0 Å². The van der Waals surface area contributed by atoms with Gasteiger partial charge in [0.05, 0.1) is 18.3 Å². The van der Waals surface area contributed by atoms with Gasteiger partial charge in [-0.1, -0.05) is 24.3 Å². The van der Waals surface area contributed by atoms with Crippen LogP contribution in [0.3, 0.4) is 0 Å². The summed E-state index contributed by atoms with van der Waals surface area (Å²) in [6.07, 6.45) is 10.8. The number of unbranched alkanes of at least 4 members (excludes halogenated alkanes) is 1. The highest BCUT2D eigenvalue weighted by atomic mass is 19.1. The second-order valence-electron chi connectivity index (χ2n) is 5.60. The molecule has 1 fully saturated rings. The Morgan fingerprint density at radius 1 is 1.15 bits per heavy atom. The van der Waals surface area contributed by atoms with Crippen LogP contribution in [0, 0.1) is 17.2 Å². The minimum absolute atomic E-state index is 0.213. The standard InChI is InChI=1S/C18H22FN/c19-13-3-1-2-4-15-5-9-17(10-6-15)18-11-7-16(14-20)8-12-18/h2,4,7-8,11-12,15,17H,1,3,5-6,9-10,13H2/t15-,17-. The molecule has 0 saturated heterocycles. The number of hydrogen-bond acceptors (Lipinski definition) is 1. The summed E-state index contributed by atoms with van der Waals surface area (Å²) in [5.41, 5.74) is 2.10. The highest BCUT2D eigenvalue weighted by Crippen LogP contribution is 2.36. The van der Waals surface area contributed by atoms with Crippen LogP contribution >= 0.6 is 0 Å². The molecular weight excluding hydrogens is 249 g/mol. The second kappa shape index (κ2) is 7.85. The third-order valence-corrected chi connectivity index (χ3v) is 4.20. The van der Waals surface area contributed by atoms with Crippen LogP contribution in [0.15, 0.2) is 36.4 Å². The van der Waals surface area contributed by atoms with E-state index in [1.54, 1.807) is 0 Å². The largest absolute Gasteiger partial charge is 0.251 e. The Hall–Kier alpha value is -1.62. The maximum Gasteiger partial charge on any atom is 0.0991 e. The molecule has 1 aliphatic carbocycles. The quantitative estimate of drug-likeness (QED) is 0.537. The molecule has 1 aliphatic rings. The fraction of sp³-hybridized carbons (Fsp3) is 0.500. The highest BCUT2D eigenvalue weighted by Gasteiger charge is 2.20. The monoisotopic (exact) mass is 271 g/mol. The number of alkyl halides is 1. The summed E-state index contributed by atoms with van der Waals surface area (Å²) >= 11 is 0. The molecule has 106 valence electrons. The van der Waals surface area contributed by atoms with E-state index in [2.05, 4.69) is 30.4 Å². The molecule has 0 aromatic heterocycles. The van der Waals surface area contributed by atoms with E-state index in [0.29, 0.717) is 18.3 Å². The number of halogens is 1. The van der Waals surface area contributed by atoms with Gasteiger partial charge >= 0.3 is 0 Å². The maximum atomic E-state index is 12.0. The summed E-state index contributed by atoms with van der Waals surface area (Å²) in [7, 11) is 0. The Morgan fingerprint density at radius 2 is 1.85 bits per heavy atom. The molecular formula is C18H22FN. The van der Waals surface area contributed by atoms with Crippen LogP contribution in [-0.2, 0) is 0 Å². The average molecular weight is 271 g/mol. The number of rotatable bonds is 5. The van der Waals surface area contributed by atoms with Gasteiger partial charge in [-0.2, -0.15) is 5.26 Å². The van der Waals surface area contributed by atoms with Crippen LogP contribution in [0.4, 0.5) is 4.39 Å². The van der Waals surface area contributed by atoms with E-state index in [0.717, 1.165) is 12.0 Å². The van der Waals surface area contributed by atoms with Crippen molar-refractivity contribution in [1.82, 2.24) is 0 Å². The van der Waals surface area contributed by atoms with E-state index < -0.39 is 0 Å². The van der Waals surface area contributed by atoms with Crippen molar-refractivity contribution in [1.29, 1.82) is 5.26 Å². The van der Waals surface area contributed by atoms with Crippen molar-refractivity contribution in [2.24, 2.45) is 5.92 Å². The molecule has 0 heterocycles. The van der Waals surface area contributed by atoms with Crippen molar-refractivity contribution >= 4 is 0 Å². The first-order valence-corrected chi connectivity index (χ1v) is 7.56. The molecule has 1 nitrogen and oxygen atoms in total. The summed E-state index contributed by atoms with van der Waals surface area (Å²) in [6.45, 7) is -0.213. The molecule has 0 unspecified atom stereocenters. The van der Waals surface area contributed by atoms with Crippen LogP contribution in [0.25, 0.3) is 0 Å². The lowest BCUT2D eigenvalue weighted by Gasteiger charge is -2.27. The van der Waals surface area contributed by atoms with Gasteiger partial charge in [0.15, 0.2) is 0 Å². The summed E-state index contributed by atoms with van der Waals surface area (Å²) < 4.78 is 12.0. The van der Waals surface area contributed by atoms with Crippen molar-refractivity contribution in [2.75, 3.05) is 6.67 Å². The normalized spacial score (nSPS) is 22.8. The zero-order valence-electron chi connectivity index (χ0n) is 11.9. The summed E-state index contributed by atoms with van der Waals surface area (Å²) in [6, 6.07) is 10.2. The number of nitrogens with zero attached hydrogens (tertiary/aromatic N) is 1. The third kappa shape index (κ3) is 4.20. The van der Waals surface area contributed by atoms with Gasteiger partial charge in [-0.15, -0.1) is 0 Å². The van der Waals surface area contributed by atoms with Gasteiger partial charge in [-0.25, -0.2) is 0 Å². The van der Waals surface area contributed by atoms with E-state index in [4.69, 9.17) is 5.26 Å². The van der Waals surface area contributed by atoms with Gasteiger partial charge in [-0.05, 0) is 68.1 Å². The molecule has 0 bridgehead atoms. The lowest BCUT2D eigenvalue weighted by atomic mass is 9.78. The summed E-state index contributed by atoms with van der Waals surface area (Å²) in [5.74, 6) is 1.31. The van der Waals surface area contributed by atoms with E-state index in [-0.39, 0.29) is 6.67 Å². The fourth-order valence-electron chi connectivity index (χ4n) is 2.96. The fourth-order valence-corrected chi connectivity index (χ4v) is 2.96. The minimum atomic E-state index is -0.213. The Kier molecular flexibility index (Phi) is 5.80. The molecule has 0 N–H and O–H groups in total. The Morgan fingerprint density at radius 3 is 2.45 bits per heavy atom. The van der Waals surface area contributed by atoms with Crippen LogP contribution < -0.4 is 0 Å². The Bertz CT molecular complexity index is 461. The minimum Gasteiger partial charge on any atom is -0.251 e. The van der Waals surface area contributed by atoms with Crippen molar-refractivity contribution in [2.45, 2.75) is 44.4 Å². The second-order valence-corrected chi connectivity index (χ2v) is 5.60. The molecule has 0 spiro atoms. The van der Waals surface area contributed by atoms with Gasteiger partial charge in [0, 0.05) is 0 Å². The van der Waals surface area contributed by atoms with Crippen molar-refractivity contribution in [3.05, 3.63) is 47.5 Å². The van der Waals surface area contributed by atoms with Crippen LogP contribution in [0.1, 0.15) is 55.6 Å². The maximum absolute atomic E-state index is 12.0. The molecule has 2 rings (SSSR count). The lowest BCUT2D eigenvalue weighted by molar-refractivity contribution is 0.375. The number of nitriles is 1. The lowest BCUT2D eigenvalue weighted by Crippen LogP contribution is -2.11. The van der Waals surface area contributed by atoms with E-state index in [9.17, 15) is 4.39 Å². The van der Waals surface area contributed by atoms with Gasteiger partial charge in [0.1, 0.15) is 0 Å². The van der Waals surface area contributed by atoms with Gasteiger partial charge < -0.3 is 0 Å². The molecule has 1 aromatic rings. The van der Waals surface area contributed by atoms with Crippen LogP contribution in [-0.4, -0.2) is 6.67 Å². The van der Waals surface area contributed by atoms with Crippen LogP contribution in [0.2, 0.25) is 0 Å². The predicted molar refractivity (Wildman–Crippen MR) is 80.2 cm³/mol. The topological polar surface area (TPSA) is 23.8 Å². The Labute approximate surface area is 121 Å². The summed E-state index contributed by atoms with van der Waals surface area (Å²) in [4.78, 5) is 0. The van der Waals surface area contributed by atoms with Gasteiger partial charge in [-0.3, -0.25) is 4.39 Å². The van der Waals surface area contributed by atoms with E-state index in [1.165, 1.54) is 31.2 Å². The Balaban J connectivity index is 1.81. The average Bonchev–Trinajstić information content (AvgIpc) is 2.52.